The maximum atomic E-state index is 9.98. The monoisotopic (exact) mass is 173 g/mol. The molecule has 0 aromatic rings. The van der Waals surface area contributed by atoms with Crippen molar-refractivity contribution in [2.45, 2.75) is 44.2 Å². The molecule has 1 rings (SSSR count). The van der Waals surface area contributed by atoms with Gasteiger partial charge in [0.25, 0.3) is 0 Å². The van der Waals surface area contributed by atoms with E-state index in [-0.39, 0.29) is 6.04 Å². The molecule has 0 heterocycles. The fourth-order valence-corrected chi connectivity index (χ4v) is 1.76. The molecule has 0 aliphatic heterocycles. The Labute approximate surface area is 73.9 Å². The fourth-order valence-electron chi connectivity index (χ4n) is 1.76. The van der Waals surface area contributed by atoms with E-state index in [1.165, 1.54) is 0 Å². The molecule has 0 spiro atoms. The van der Waals surface area contributed by atoms with Gasteiger partial charge in [0.15, 0.2) is 0 Å². The average Bonchev–Trinajstić information content (AvgIpc) is 2.49. The molecule has 0 amide bonds. The molecule has 3 heteroatoms. The molecule has 1 aliphatic carbocycles. The lowest BCUT2D eigenvalue weighted by Gasteiger charge is -2.29. The highest BCUT2D eigenvalue weighted by molar-refractivity contribution is 4.93. The molecule has 12 heavy (non-hydrogen) atoms. The summed E-state index contributed by atoms with van der Waals surface area (Å²) in [4.78, 5) is 0. The standard InChI is InChI=1S/C9H19NO2/c1-2-12-7-8(10)9(11)5-3-4-6-9/h8,11H,2-7,10H2,1H3. The summed E-state index contributed by atoms with van der Waals surface area (Å²) in [6, 6.07) is -0.208. The summed E-state index contributed by atoms with van der Waals surface area (Å²) in [6.07, 6.45) is 3.86. The average molecular weight is 173 g/mol. The maximum absolute atomic E-state index is 9.98. The van der Waals surface area contributed by atoms with Crippen molar-refractivity contribution in [2.75, 3.05) is 13.2 Å². The first-order valence-electron chi connectivity index (χ1n) is 4.75. The van der Waals surface area contributed by atoms with Crippen LogP contribution in [-0.4, -0.2) is 30.0 Å². The molecule has 1 fully saturated rings. The number of hydrogen-bond acceptors (Lipinski definition) is 3. The zero-order chi connectivity index (χ0) is 9.03. The minimum absolute atomic E-state index is 0.208. The van der Waals surface area contributed by atoms with E-state index in [0.717, 1.165) is 25.7 Å². The van der Waals surface area contributed by atoms with Gasteiger partial charge in [-0.3, -0.25) is 0 Å². The second-order valence-electron chi connectivity index (χ2n) is 3.58. The molecule has 0 radical (unpaired) electrons. The molecule has 1 saturated carbocycles. The van der Waals surface area contributed by atoms with Gasteiger partial charge in [-0.25, -0.2) is 0 Å². The zero-order valence-electron chi connectivity index (χ0n) is 7.75. The van der Waals surface area contributed by atoms with Gasteiger partial charge in [0.1, 0.15) is 0 Å². The zero-order valence-corrected chi connectivity index (χ0v) is 7.75. The second kappa shape index (κ2) is 4.21. The SMILES string of the molecule is CCOCC(N)C1(O)CCCC1. The Kier molecular flexibility index (Phi) is 3.50. The van der Waals surface area contributed by atoms with Gasteiger partial charge in [0, 0.05) is 6.61 Å². The number of nitrogens with two attached hydrogens (primary N) is 1. The molecule has 3 nitrogen and oxygen atoms in total. The second-order valence-corrected chi connectivity index (χ2v) is 3.58. The summed E-state index contributed by atoms with van der Waals surface area (Å²) in [7, 11) is 0. The summed E-state index contributed by atoms with van der Waals surface area (Å²) < 4.78 is 5.19. The fraction of sp³-hybridized carbons (Fsp3) is 1.00. The van der Waals surface area contributed by atoms with Crippen LogP contribution in [0.3, 0.4) is 0 Å². The van der Waals surface area contributed by atoms with Gasteiger partial charge in [-0.2, -0.15) is 0 Å². The van der Waals surface area contributed by atoms with E-state index < -0.39 is 5.60 Å². The molecule has 1 atom stereocenters. The predicted octanol–water partition coefficient (Wildman–Crippen LogP) is 0.655. The number of ether oxygens (including phenoxy) is 1. The Bertz CT molecular complexity index is 132. The third-order valence-electron chi connectivity index (χ3n) is 2.66. The van der Waals surface area contributed by atoms with Gasteiger partial charge >= 0.3 is 0 Å². The smallest absolute Gasteiger partial charge is 0.0820 e. The number of aliphatic hydroxyl groups is 1. The van der Waals surface area contributed by atoms with Crippen LogP contribution in [-0.2, 0) is 4.74 Å². The van der Waals surface area contributed by atoms with Gasteiger partial charge in [0.2, 0.25) is 0 Å². The first-order valence-corrected chi connectivity index (χ1v) is 4.75. The van der Waals surface area contributed by atoms with Gasteiger partial charge < -0.3 is 15.6 Å². The lowest BCUT2D eigenvalue weighted by Crippen LogP contribution is -2.48. The van der Waals surface area contributed by atoms with Crippen LogP contribution in [0, 0.1) is 0 Å². The Balaban J connectivity index is 2.33. The van der Waals surface area contributed by atoms with Crippen molar-refractivity contribution in [2.24, 2.45) is 5.73 Å². The quantitative estimate of drug-likeness (QED) is 0.656. The molecular weight excluding hydrogens is 154 g/mol. The molecule has 0 aromatic heterocycles. The van der Waals surface area contributed by atoms with E-state index in [2.05, 4.69) is 0 Å². The van der Waals surface area contributed by atoms with Crippen LogP contribution in [0.15, 0.2) is 0 Å². The van der Waals surface area contributed by atoms with Gasteiger partial charge in [0.05, 0.1) is 18.2 Å². The summed E-state index contributed by atoms with van der Waals surface area (Å²) in [6.45, 7) is 3.09. The third kappa shape index (κ3) is 2.19. The van der Waals surface area contributed by atoms with E-state index in [4.69, 9.17) is 10.5 Å². The first-order chi connectivity index (χ1) is 5.69. The first kappa shape index (κ1) is 9.96. The van der Waals surface area contributed by atoms with E-state index >= 15 is 0 Å². The Morgan fingerprint density at radius 1 is 1.50 bits per heavy atom. The summed E-state index contributed by atoms with van der Waals surface area (Å²) in [5.41, 5.74) is 5.18. The van der Waals surface area contributed by atoms with Crippen molar-refractivity contribution < 1.29 is 9.84 Å². The van der Waals surface area contributed by atoms with E-state index in [1.54, 1.807) is 0 Å². The molecule has 0 aromatic carbocycles. The van der Waals surface area contributed by atoms with Gasteiger partial charge in [-0.1, -0.05) is 12.8 Å². The van der Waals surface area contributed by atoms with E-state index in [9.17, 15) is 5.11 Å². The van der Waals surface area contributed by atoms with Crippen LogP contribution in [0.4, 0.5) is 0 Å². The van der Waals surface area contributed by atoms with Crippen LogP contribution in [0.5, 0.6) is 0 Å². The molecule has 0 bridgehead atoms. The molecule has 3 N–H and O–H groups in total. The van der Waals surface area contributed by atoms with Crippen LogP contribution >= 0.6 is 0 Å². The predicted molar refractivity (Wildman–Crippen MR) is 47.9 cm³/mol. The van der Waals surface area contributed by atoms with Gasteiger partial charge in [-0.15, -0.1) is 0 Å². The summed E-state index contributed by atoms with van der Waals surface area (Å²) in [5.74, 6) is 0. The van der Waals surface area contributed by atoms with Crippen molar-refractivity contribution in [3.63, 3.8) is 0 Å². The molecule has 72 valence electrons. The van der Waals surface area contributed by atoms with Crippen molar-refractivity contribution in [3.05, 3.63) is 0 Å². The Morgan fingerprint density at radius 2 is 2.08 bits per heavy atom. The highest BCUT2D eigenvalue weighted by Crippen LogP contribution is 2.31. The van der Waals surface area contributed by atoms with Crippen molar-refractivity contribution in [1.82, 2.24) is 0 Å². The maximum Gasteiger partial charge on any atom is 0.0820 e. The summed E-state index contributed by atoms with van der Waals surface area (Å²) >= 11 is 0. The van der Waals surface area contributed by atoms with Gasteiger partial charge in [-0.05, 0) is 19.8 Å². The molecular formula is C9H19NO2. The van der Waals surface area contributed by atoms with Crippen molar-refractivity contribution >= 4 is 0 Å². The van der Waals surface area contributed by atoms with Crippen molar-refractivity contribution in [3.8, 4) is 0 Å². The lowest BCUT2D eigenvalue weighted by molar-refractivity contribution is -0.0123. The van der Waals surface area contributed by atoms with Crippen LogP contribution < -0.4 is 5.73 Å². The topological polar surface area (TPSA) is 55.5 Å². The van der Waals surface area contributed by atoms with E-state index in [0.29, 0.717) is 13.2 Å². The largest absolute Gasteiger partial charge is 0.388 e. The van der Waals surface area contributed by atoms with Crippen LogP contribution in [0.2, 0.25) is 0 Å². The normalized spacial score (nSPS) is 24.2. The Morgan fingerprint density at radius 3 is 2.58 bits per heavy atom. The minimum Gasteiger partial charge on any atom is -0.388 e. The molecule has 0 saturated heterocycles. The van der Waals surface area contributed by atoms with E-state index in [1.807, 2.05) is 6.92 Å². The van der Waals surface area contributed by atoms with Crippen molar-refractivity contribution in [1.29, 1.82) is 0 Å². The van der Waals surface area contributed by atoms with Crippen LogP contribution in [0.25, 0.3) is 0 Å². The third-order valence-corrected chi connectivity index (χ3v) is 2.66. The molecule has 1 unspecified atom stereocenters. The van der Waals surface area contributed by atoms with Crippen LogP contribution in [0.1, 0.15) is 32.6 Å². The summed E-state index contributed by atoms with van der Waals surface area (Å²) in [5, 5.41) is 9.98. The Hall–Kier alpha value is -0.120. The lowest BCUT2D eigenvalue weighted by atomic mass is 9.94. The highest BCUT2D eigenvalue weighted by Gasteiger charge is 2.37. The number of rotatable bonds is 4. The highest BCUT2D eigenvalue weighted by atomic mass is 16.5. The molecule has 1 aliphatic rings. The minimum atomic E-state index is -0.644. The number of hydrogen-bond donors (Lipinski definition) is 2.